The first-order valence-electron chi connectivity index (χ1n) is 17.3. The quantitative estimate of drug-likeness (QED) is 0.169. The minimum atomic E-state index is 1.22. The van der Waals surface area contributed by atoms with Gasteiger partial charge < -0.3 is 0 Å². The topological polar surface area (TPSA) is 0 Å². The van der Waals surface area contributed by atoms with Gasteiger partial charge in [-0.1, -0.05) is 176 Å². The zero-order valence-electron chi connectivity index (χ0n) is 27.5. The van der Waals surface area contributed by atoms with Crippen molar-refractivity contribution in [2.24, 2.45) is 0 Å². The average Bonchev–Trinajstić information content (AvgIpc) is 3.19. The van der Waals surface area contributed by atoms with Gasteiger partial charge in [-0.2, -0.15) is 0 Å². The molecular weight excluding hydrogens is 601 g/mol. The maximum atomic E-state index is 2.37. The highest BCUT2D eigenvalue weighted by atomic mass is 14.2. The summed E-state index contributed by atoms with van der Waals surface area (Å²) in [5, 5.41) is 12.7. The van der Waals surface area contributed by atoms with E-state index in [1.54, 1.807) is 0 Å². The number of benzene rings is 10. The minimum absolute atomic E-state index is 1.22. The molecule has 0 bridgehead atoms. The maximum Gasteiger partial charge on any atom is -0.00201 e. The van der Waals surface area contributed by atoms with Crippen LogP contribution in [0.4, 0.5) is 0 Å². The van der Waals surface area contributed by atoms with E-state index in [1.165, 1.54) is 98.4 Å². The molecule has 0 atom stereocenters. The van der Waals surface area contributed by atoms with Gasteiger partial charge in [-0.3, -0.25) is 0 Å². The van der Waals surface area contributed by atoms with Crippen molar-refractivity contribution in [2.45, 2.75) is 0 Å². The van der Waals surface area contributed by atoms with E-state index in [0.717, 1.165) is 0 Å². The third-order valence-corrected chi connectivity index (χ3v) is 10.4. The van der Waals surface area contributed by atoms with Crippen molar-refractivity contribution in [1.82, 2.24) is 0 Å². The summed E-state index contributed by atoms with van der Waals surface area (Å²) in [4.78, 5) is 0. The normalized spacial score (nSPS) is 11.6. The third-order valence-electron chi connectivity index (χ3n) is 10.4. The molecule has 0 radical (unpaired) electrons. The lowest BCUT2D eigenvalue weighted by Gasteiger charge is -2.19. The fourth-order valence-electron chi connectivity index (χ4n) is 8.10. The SMILES string of the molecule is c1cc(-c2ccc3cc(-c4cccc5ccccc45)ccc3c2)cc(-c2c3ccccc3c(-c3cccc4ccccc34)c3ccccc23)c1. The Morgan fingerprint density at radius 3 is 1.26 bits per heavy atom. The molecule has 0 aliphatic heterocycles. The molecule has 0 spiro atoms. The van der Waals surface area contributed by atoms with Crippen LogP contribution in [-0.4, -0.2) is 0 Å². The van der Waals surface area contributed by atoms with Crippen molar-refractivity contribution >= 4 is 53.9 Å². The summed E-state index contributed by atoms with van der Waals surface area (Å²) in [6.45, 7) is 0. The summed E-state index contributed by atoms with van der Waals surface area (Å²) in [6.07, 6.45) is 0. The fourth-order valence-corrected chi connectivity index (χ4v) is 8.10. The second-order valence-electron chi connectivity index (χ2n) is 13.3. The van der Waals surface area contributed by atoms with Crippen molar-refractivity contribution in [1.29, 1.82) is 0 Å². The van der Waals surface area contributed by atoms with Gasteiger partial charge in [-0.25, -0.2) is 0 Å². The Kier molecular flexibility index (Phi) is 6.60. The molecule has 0 N–H and O–H groups in total. The first kappa shape index (κ1) is 28.5. The van der Waals surface area contributed by atoms with Crippen LogP contribution in [0.1, 0.15) is 0 Å². The van der Waals surface area contributed by atoms with Crippen LogP contribution >= 0.6 is 0 Å². The lowest BCUT2D eigenvalue weighted by Crippen LogP contribution is -1.92. The molecule has 0 amide bonds. The lowest BCUT2D eigenvalue weighted by molar-refractivity contribution is 1.62. The monoisotopic (exact) mass is 632 g/mol. The summed E-state index contributed by atoms with van der Waals surface area (Å²) in [5.41, 5.74) is 10.0. The van der Waals surface area contributed by atoms with Gasteiger partial charge in [0.15, 0.2) is 0 Å². The van der Waals surface area contributed by atoms with Crippen LogP contribution in [0.15, 0.2) is 194 Å². The van der Waals surface area contributed by atoms with E-state index in [0.29, 0.717) is 0 Å². The van der Waals surface area contributed by atoms with Gasteiger partial charge in [-0.05, 0) is 117 Å². The van der Waals surface area contributed by atoms with Crippen LogP contribution in [0.25, 0.3) is 98.4 Å². The van der Waals surface area contributed by atoms with Crippen LogP contribution in [0.5, 0.6) is 0 Å². The average molecular weight is 633 g/mol. The molecule has 0 saturated heterocycles. The van der Waals surface area contributed by atoms with Crippen molar-refractivity contribution in [3.8, 4) is 44.5 Å². The predicted octanol–water partition coefficient (Wildman–Crippen LogP) is 14.1. The van der Waals surface area contributed by atoms with Crippen LogP contribution in [0.3, 0.4) is 0 Å². The maximum absolute atomic E-state index is 2.37. The number of fused-ring (bicyclic) bond motifs is 5. The van der Waals surface area contributed by atoms with Crippen molar-refractivity contribution < 1.29 is 0 Å². The Labute approximate surface area is 291 Å². The first-order chi connectivity index (χ1) is 24.8. The Balaban J connectivity index is 1.12. The molecule has 0 aliphatic carbocycles. The first-order valence-corrected chi connectivity index (χ1v) is 17.3. The molecule has 0 nitrogen and oxygen atoms in total. The molecule has 10 aromatic carbocycles. The summed E-state index contributed by atoms with van der Waals surface area (Å²) in [6, 6.07) is 71.3. The smallest absolute Gasteiger partial charge is 0.00201 e. The molecule has 0 heteroatoms. The predicted molar refractivity (Wildman–Crippen MR) is 216 cm³/mol. The summed E-state index contributed by atoms with van der Waals surface area (Å²) in [7, 11) is 0. The number of hydrogen-bond acceptors (Lipinski definition) is 0. The van der Waals surface area contributed by atoms with Gasteiger partial charge in [0.25, 0.3) is 0 Å². The molecule has 0 fully saturated rings. The highest BCUT2D eigenvalue weighted by molar-refractivity contribution is 6.23. The van der Waals surface area contributed by atoms with Crippen LogP contribution < -0.4 is 0 Å². The standard InChI is InChI=1S/C50H32/c1-3-18-41-33(12-1)14-10-24-43(41)39-29-28-37-30-36(26-27-38(37)31-39)35-16-9-17-40(32-35)49-45-20-5-7-22-47(45)50(48-23-8-6-21-46(48)49)44-25-11-15-34-13-2-4-19-42(34)44/h1-32H. The lowest BCUT2D eigenvalue weighted by atomic mass is 9.84. The van der Waals surface area contributed by atoms with E-state index in [2.05, 4.69) is 194 Å². The largest absolute Gasteiger partial charge is 0.0616 e. The summed E-state index contributed by atoms with van der Waals surface area (Å²) in [5.74, 6) is 0. The Morgan fingerprint density at radius 1 is 0.200 bits per heavy atom. The molecule has 0 unspecified atom stereocenters. The van der Waals surface area contributed by atoms with Gasteiger partial charge in [0.05, 0.1) is 0 Å². The van der Waals surface area contributed by atoms with E-state index in [-0.39, 0.29) is 0 Å². The van der Waals surface area contributed by atoms with Gasteiger partial charge in [-0.15, -0.1) is 0 Å². The summed E-state index contributed by atoms with van der Waals surface area (Å²) < 4.78 is 0. The Morgan fingerprint density at radius 2 is 0.620 bits per heavy atom. The third kappa shape index (κ3) is 4.61. The second-order valence-corrected chi connectivity index (χ2v) is 13.3. The van der Waals surface area contributed by atoms with Crippen LogP contribution in [0, 0.1) is 0 Å². The highest BCUT2D eigenvalue weighted by Gasteiger charge is 2.18. The van der Waals surface area contributed by atoms with Gasteiger partial charge in [0, 0.05) is 0 Å². The molecular formula is C50H32. The van der Waals surface area contributed by atoms with E-state index in [4.69, 9.17) is 0 Å². The van der Waals surface area contributed by atoms with Gasteiger partial charge in [0.2, 0.25) is 0 Å². The van der Waals surface area contributed by atoms with E-state index in [1.807, 2.05) is 0 Å². The molecule has 10 rings (SSSR count). The van der Waals surface area contributed by atoms with Crippen LogP contribution in [0.2, 0.25) is 0 Å². The molecule has 50 heavy (non-hydrogen) atoms. The molecule has 0 aliphatic rings. The van der Waals surface area contributed by atoms with E-state index in [9.17, 15) is 0 Å². The molecule has 0 heterocycles. The molecule has 232 valence electrons. The Hall–Kier alpha value is -6.50. The van der Waals surface area contributed by atoms with Crippen molar-refractivity contribution in [3.05, 3.63) is 194 Å². The van der Waals surface area contributed by atoms with Crippen molar-refractivity contribution in [3.63, 3.8) is 0 Å². The highest BCUT2D eigenvalue weighted by Crippen LogP contribution is 2.45. The zero-order valence-corrected chi connectivity index (χ0v) is 27.5. The van der Waals surface area contributed by atoms with Crippen molar-refractivity contribution in [2.75, 3.05) is 0 Å². The fraction of sp³-hybridized carbons (Fsp3) is 0. The van der Waals surface area contributed by atoms with E-state index >= 15 is 0 Å². The zero-order chi connectivity index (χ0) is 33.0. The Bertz CT molecular complexity index is 2860. The second kappa shape index (κ2) is 11.6. The molecule has 10 aromatic rings. The van der Waals surface area contributed by atoms with Crippen LogP contribution in [-0.2, 0) is 0 Å². The molecule has 0 aromatic heterocycles. The number of rotatable bonds is 4. The van der Waals surface area contributed by atoms with E-state index < -0.39 is 0 Å². The van der Waals surface area contributed by atoms with Gasteiger partial charge in [0.1, 0.15) is 0 Å². The molecule has 0 saturated carbocycles. The van der Waals surface area contributed by atoms with Gasteiger partial charge >= 0.3 is 0 Å². The summed E-state index contributed by atoms with van der Waals surface area (Å²) >= 11 is 0. The minimum Gasteiger partial charge on any atom is -0.0616 e. The number of hydrogen-bond donors (Lipinski definition) is 0.